The molecule has 176 valence electrons. The molecule has 1 saturated heterocycles. The van der Waals surface area contributed by atoms with Crippen molar-refractivity contribution in [2.45, 2.75) is 44.4 Å². The van der Waals surface area contributed by atoms with Crippen molar-refractivity contribution in [2.75, 3.05) is 32.8 Å². The van der Waals surface area contributed by atoms with Crippen LogP contribution in [0.5, 0.6) is 0 Å². The number of ether oxygens (including phenoxy) is 1. The molecule has 4 rings (SSSR count). The van der Waals surface area contributed by atoms with E-state index in [-0.39, 0.29) is 24.0 Å². The van der Waals surface area contributed by atoms with Gasteiger partial charge in [0, 0.05) is 43.3 Å². The summed E-state index contributed by atoms with van der Waals surface area (Å²) in [5.74, 6) is -0.331. The van der Waals surface area contributed by atoms with Gasteiger partial charge in [0.2, 0.25) is 0 Å². The number of benzene rings is 2. The molecule has 7 heteroatoms. The molecular weight excluding hydrogens is 418 g/mol. The molecule has 2 aliphatic rings. The number of aliphatic hydroxyl groups excluding tert-OH is 1. The molecular formula is C26H33N3O4. The summed E-state index contributed by atoms with van der Waals surface area (Å²) in [4.78, 5) is 27.0. The highest BCUT2D eigenvalue weighted by Crippen LogP contribution is 2.21. The Morgan fingerprint density at radius 1 is 1.06 bits per heavy atom. The Morgan fingerprint density at radius 2 is 1.70 bits per heavy atom. The number of fused-ring (bicyclic) bond motifs is 1. The summed E-state index contributed by atoms with van der Waals surface area (Å²) in [5, 5.41) is 16.5. The minimum atomic E-state index is -0.678. The Balaban J connectivity index is 1.21. The number of amides is 2. The molecule has 1 heterocycles. The molecule has 1 atom stereocenters. The van der Waals surface area contributed by atoms with Gasteiger partial charge in [0.05, 0.1) is 18.3 Å². The highest BCUT2D eigenvalue weighted by atomic mass is 16.5. The topological polar surface area (TPSA) is 90.9 Å². The van der Waals surface area contributed by atoms with Gasteiger partial charge in [-0.25, -0.2) is 0 Å². The molecule has 1 unspecified atom stereocenters. The van der Waals surface area contributed by atoms with Gasteiger partial charge in [-0.2, -0.15) is 0 Å². The molecule has 1 aliphatic carbocycles. The lowest BCUT2D eigenvalue weighted by atomic mass is 10.1. The fourth-order valence-corrected chi connectivity index (χ4v) is 4.53. The lowest BCUT2D eigenvalue weighted by Crippen LogP contribution is -2.50. The molecule has 7 nitrogen and oxygen atoms in total. The van der Waals surface area contributed by atoms with Crippen LogP contribution in [0, 0.1) is 0 Å². The van der Waals surface area contributed by atoms with Crippen LogP contribution in [0.15, 0.2) is 48.5 Å². The third-order valence-electron chi connectivity index (χ3n) is 6.30. The van der Waals surface area contributed by atoms with E-state index < -0.39 is 6.10 Å². The first-order valence-electron chi connectivity index (χ1n) is 11.6. The van der Waals surface area contributed by atoms with Crippen LogP contribution in [0.3, 0.4) is 0 Å². The van der Waals surface area contributed by atoms with Crippen molar-refractivity contribution >= 4 is 11.8 Å². The van der Waals surface area contributed by atoms with Crippen molar-refractivity contribution in [3.8, 4) is 0 Å². The maximum Gasteiger partial charge on any atom is 0.254 e. The lowest BCUT2D eigenvalue weighted by molar-refractivity contribution is -0.0764. The van der Waals surface area contributed by atoms with Crippen molar-refractivity contribution in [1.29, 1.82) is 0 Å². The third-order valence-corrected chi connectivity index (χ3v) is 6.30. The maximum atomic E-state index is 12.8. The standard InChI is InChI=1S/C26H33N3O4/c1-26(2)17-29(11-12-33-26)25(32)19-9-7-18(8-10-19)24(31)28-16-23(30)15-27-22-13-20-5-3-4-6-21(20)14-22/h3-10,22-23,27,30H,11-17H2,1-2H3,(H,28,31). The Hall–Kier alpha value is -2.74. The van der Waals surface area contributed by atoms with Crippen molar-refractivity contribution in [1.82, 2.24) is 15.5 Å². The summed E-state index contributed by atoms with van der Waals surface area (Å²) < 4.78 is 5.67. The quantitative estimate of drug-likeness (QED) is 0.597. The van der Waals surface area contributed by atoms with Gasteiger partial charge in [0.1, 0.15) is 0 Å². The second-order valence-corrected chi connectivity index (χ2v) is 9.56. The molecule has 3 N–H and O–H groups in total. The number of aliphatic hydroxyl groups is 1. The van der Waals surface area contributed by atoms with Crippen molar-refractivity contribution < 1.29 is 19.4 Å². The number of rotatable bonds is 7. The molecule has 2 amide bonds. The molecule has 2 aromatic rings. The van der Waals surface area contributed by atoms with Gasteiger partial charge in [0.25, 0.3) is 11.8 Å². The Morgan fingerprint density at radius 3 is 2.33 bits per heavy atom. The second kappa shape index (κ2) is 10.0. The van der Waals surface area contributed by atoms with E-state index in [4.69, 9.17) is 4.74 Å². The highest BCUT2D eigenvalue weighted by molar-refractivity contribution is 5.97. The van der Waals surface area contributed by atoms with Crippen LogP contribution in [0.1, 0.15) is 45.7 Å². The molecule has 1 fully saturated rings. The molecule has 2 aromatic carbocycles. The van der Waals surface area contributed by atoms with E-state index in [1.807, 2.05) is 13.8 Å². The van der Waals surface area contributed by atoms with Gasteiger partial charge in [0.15, 0.2) is 0 Å². The summed E-state index contributed by atoms with van der Waals surface area (Å²) in [6.45, 7) is 6.13. The van der Waals surface area contributed by atoms with Gasteiger partial charge >= 0.3 is 0 Å². The van der Waals surface area contributed by atoms with E-state index in [0.29, 0.717) is 43.4 Å². The summed E-state index contributed by atoms with van der Waals surface area (Å²) >= 11 is 0. The molecule has 1 aliphatic heterocycles. The number of carbonyl (C=O) groups excluding carboxylic acids is 2. The van der Waals surface area contributed by atoms with E-state index in [2.05, 4.69) is 34.9 Å². The average Bonchev–Trinajstić information content (AvgIpc) is 3.23. The fourth-order valence-electron chi connectivity index (χ4n) is 4.53. The van der Waals surface area contributed by atoms with E-state index >= 15 is 0 Å². The van der Waals surface area contributed by atoms with E-state index in [1.54, 1.807) is 29.2 Å². The first-order chi connectivity index (χ1) is 15.8. The monoisotopic (exact) mass is 451 g/mol. The maximum absolute atomic E-state index is 12.8. The molecule has 0 saturated carbocycles. The van der Waals surface area contributed by atoms with Gasteiger partial charge in [-0.3, -0.25) is 9.59 Å². The SMILES string of the molecule is CC1(C)CN(C(=O)c2ccc(C(=O)NCC(O)CNC3Cc4ccccc4C3)cc2)CCO1. The predicted molar refractivity (Wildman–Crippen MR) is 126 cm³/mol. The first kappa shape index (κ1) is 23.4. The van der Waals surface area contributed by atoms with Crippen molar-refractivity contribution in [3.63, 3.8) is 0 Å². The molecule has 0 bridgehead atoms. The van der Waals surface area contributed by atoms with Crippen LogP contribution < -0.4 is 10.6 Å². The van der Waals surface area contributed by atoms with Crippen molar-refractivity contribution in [2.24, 2.45) is 0 Å². The van der Waals surface area contributed by atoms with Crippen molar-refractivity contribution in [3.05, 3.63) is 70.8 Å². The van der Waals surface area contributed by atoms with Gasteiger partial charge < -0.3 is 25.4 Å². The molecule has 33 heavy (non-hydrogen) atoms. The summed E-state index contributed by atoms with van der Waals surface area (Å²) in [6.07, 6.45) is 1.24. The normalized spacial score (nSPS) is 18.6. The molecule has 0 spiro atoms. The summed E-state index contributed by atoms with van der Waals surface area (Å²) in [6, 6.07) is 15.4. The number of nitrogens with one attached hydrogen (secondary N) is 2. The number of morpholine rings is 1. The van der Waals surface area contributed by atoms with Crippen LogP contribution in [-0.4, -0.2) is 72.4 Å². The Bertz CT molecular complexity index is 964. The van der Waals surface area contributed by atoms with Crippen LogP contribution in [0.2, 0.25) is 0 Å². The molecule has 0 aromatic heterocycles. The summed E-state index contributed by atoms with van der Waals surface area (Å²) in [7, 11) is 0. The minimum absolute atomic E-state index is 0.0612. The van der Waals surface area contributed by atoms with Gasteiger partial charge in [-0.15, -0.1) is 0 Å². The van der Waals surface area contributed by atoms with E-state index in [1.165, 1.54) is 11.1 Å². The van der Waals surface area contributed by atoms with Gasteiger partial charge in [-0.1, -0.05) is 24.3 Å². The van der Waals surface area contributed by atoms with Crippen LogP contribution >= 0.6 is 0 Å². The Kier molecular flexibility index (Phi) is 7.12. The first-order valence-corrected chi connectivity index (χ1v) is 11.6. The average molecular weight is 452 g/mol. The number of carbonyl (C=O) groups is 2. The number of hydrogen-bond acceptors (Lipinski definition) is 5. The predicted octanol–water partition coefficient (Wildman–Crippen LogP) is 1.79. The summed E-state index contributed by atoms with van der Waals surface area (Å²) in [5.41, 5.74) is 3.37. The minimum Gasteiger partial charge on any atom is -0.390 e. The number of hydrogen-bond donors (Lipinski definition) is 3. The number of nitrogens with zero attached hydrogens (tertiary/aromatic N) is 1. The Labute approximate surface area is 195 Å². The van der Waals surface area contributed by atoms with Gasteiger partial charge in [-0.05, 0) is 62.1 Å². The van der Waals surface area contributed by atoms with Crippen LogP contribution in [0.4, 0.5) is 0 Å². The zero-order chi connectivity index (χ0) is 23.4. The van der Waals surface area contributed by atoms with Crippen LogP contribution in [0.25, 0.3) is 0 Å². The van der Waals surface area contributed by atoms with E-state index in [9.17, 15) is 14.7 Å². The second-order valence-electron chi connectivity index (χ2n) is 9.56. The van der Waals surface area contributed by atoms with Crippen LogP contribution in [-0.2, 0) is 17.6 Å². The highest BCUT2D eigenvalue weighted by Gasteiger charge is 2.30. The smallest absolute Gasteiger partial charge is 0.254 e. The largest absolute Gasteiger partial charge is 0.390 e. The zero-order valence-electron chi connectivity index (χ0n) is 19.3. The lowest BCUT2D eigenvalue weighted by Gasteiger charge is -2.38. The zero-order valence-corrected chi connectivity index (χ0v) is 19.3. The molecule has 0 radical (unpaired) electrons. The third kappa shape index (κ3) is 5.99. The fraction of sp³-hybridized carbons (Fsp3) is 0.462. The van der Waals surface area contributed by atoms with E-state index in [0.717, 1.165) is 12.8 Å².